The van der Waals surface area contributed by atoms with Crippen LogP contribution in [0.5, 0.6) is 0 Å². The number of nitrogens with one attached hydrogen (secondary N) is 3. The largest absolute Gasteiger partial charge is 0.359 e. The molecule has 3 heterocycles. The van der Waals surface area contributed by atoms with Gasteiger partial charge in [0.05, 0.1) is 11.8 Å². The summed E-state index contributed by atoms with van der Waals surface area (Å²) < 4.78 is 5.43. The Morgan fingerprint density at radius 1 is 0.947 bits per heavy atom. The second-order valence-corrected chi connectivity index (χ2v) is 9.45. The third-order valence-electron chi connectivity index (χ3n) is 6.21. The Bertz CT molecular complexity index is 1460. The highest BCUT2D eigenvalue weighted by Crippen LogP contribution is 2.30. The number of aromatic nitrogens is 3. The van der Waals surface area contributed by atoms with Gasteiger partial charge in [-0.3, -0.25) is 14.6 Å². The second-order valence-electron chi connectivity index (χ2n) is 9.45. The summed E-state index contributed by atoms with van der Waals surface area (Å²) in [5, 5.41) is 9.00. The number of carbonyl (C=O) groups is 2. The van der Waals surface area contributed by atoms with E-state index in [2.05, 4.69) is 30.9 Å². The van der Waals surface area contributed by atoms with Crippen LogP contribution in [0.15, 0.2) is 79.3 Å². The van der Waals surface area contributed by atoms with Gasteiger partial charge < -0.3 is 20.7 Å². The van der Waals surface area contributed by atoms with Crippen LogP contribution >= 0.6 is 0 Å². The van der Waals surface area contributed by atoms with Crippen molar-refractivity contribution in [1.82, 2.24) is 15.0 Å². The molecule has 0 radical (unpaired) electrons. The summed E-state index contributed by atoms with van der Waals surface area (Å²) in [5.74, 6) is 0.291. The number of epoxide rings is 1. The first-order chi connectivity index (χ1) is 18.4. The monoisotopic (exact) mass is 508 g/mol. The van der Waals surface area contributed by atoms with Gasteiger partial charge in [-0.2, -0.15) is 0 Å². The van der Waals surface area contributed by atoms with Gasteiger partial charge in [0, 0.05) is 46.8 Å². The standard InChI is InChI=1S/C29H28N6O3/c1-17(2)25-26(38-25)28(37)32-21-10-7-19(8-11-21)27(36)33-22-9-6-18(3)24(15-22)35-29-31-14-12-23(34-29)20-5-4-13-30-16-20/h4-17,25-26H,1-3H3,(H,32,37)(H,33,36)(H,31,34,35). The highest BCUT2D eigenvalue weighted by Gasteiger charge is 2.46. The highest BCUT2D eigenvalue weighted by atomic mass is 16.6. The molecule has 1 aliphatic rings. The number of benzene rings is 2. The molecule has 1 saturated heterocycles. The van der Waals surface area contributed by atoms with Gasteiger partial charge in [-0.1, -0.05) is 19.9 Å². The molecule has 9 heteroatoms. The van der Waals surface area contributed by atoms with Gasteiger partial charge in [-0.25, -0.2) is 9.97 Å². The summed E-state index contributed by atoms with van der Waals surface area (Å²) in [6, 6.07) is 17.9. The Hall–Kier alpha value is -4.63. The second kappa shape index (κ2) is 10.8. The molecule has 2 aromatic carbocycles. The Morgan fingerprint density at radius 2 is 1.74 bits per heavy atom. The Labute approximate surface area is 220 Å². The number of pyridine rings is 1. The normalized spacial score (nSPS) is 16.1. The van der Waals surface area contributed by atoms with Crippen molar-refractivity contribution in [3.63, 3.8) is 0 Å². The number of hydrogen-bond donors (Lipinski definition) is 3. The van der Waals surface area contributed by atoms with E-state index in [9.17, 15) is 9.59 Å². The molecule has 192 valence electrons. The van der Waals surface area contributed by atoms with Crippen LogP contribution < -0.4 is 16.0 Å². The summed E-state index contributed by atoms with van der Waals surface area (Å²) in [5.41, 5.74) is 5.08. The molecule has 9 nitrogen and oxygen atoms in total. The van der Waals surface area contributed by atoms with Gasteiger partial charge in [0.15, 0.2) is 6.10 Å². The van der Waals surface area contributed by atoms with Gasteiger partial charge in [0.1, 0.15) is 0 Å². The lowest BCUT2D eigenvalue weighted by molar-refractivity contribution is -0.117. The quantitative estimate of drug-likeness (QED) is 0.280. The van der Waals surface area contributed by atoms with Crippen molar-refractivity contribution in [2.24, 2.45) is 5.92 Å². The minimum absolute atomic E-state index is 0.0365. The molecule has 1 aliphatic heterocycles. The maximum atomic E-state index is 12.9. The molecule has 0 bridgehead atoms. The average molecular weight is 509 g/mol. The summed E-state index contributed by atoms with van der Waals surface area (Å²) in [6.45, 7) is 6.00. The zero-order chi connectivity index (χ0) is 26.6. The van der Waals surface area contributed by atoms with Gasteiger partial charge in [-0.15, -0.1) is 0 Å². The van der Waals surface area contributed by atoms with E-state index >= 15 is 0 Å². The number of amides is 2. The summed E-state index contributed by atoms with van der Waals surface area (Å²) in [4.78, 5) is 38.2. The first-order valence-corrected chi connectivity index (χ1v) is 12.4. The fourth-order valence-electron chi connectivity index (χ4n) is 4.01. The van der Waals surface area contributed by atoms with Crippen molar-refractivity contribution in [1.29, 1.82) is 0 Å². The average Bonchev–Trinajstić information content (AvgIpc) is 3.74. The van der Waals surface area contributed by atoms with Crippen LogP contribution in [0.1, 0.15) is 29.8 Å². The zero-order valence-corrected chi connectivity index (χ0v) is 21.3. The molecule has 3 N–H and O–H groups in total. The Kier molecular flexibility index (Phi) is 7.10. The van der Waals surface area contributed by atoms with E-state index in [-0.39, 0.29) is 17.9 Å². The molecule has 2 aromatic heterocycles. The van der Waals surface area contributed by atoms with Crippen LogP contribution in [0, 0.1) is 12.8 Å². The van der Waals surface area contributed by atoms with E-state index in [1.807, 2.05) is 57.2 Å². The first-order valence-electron chi connectivity index (χ1n) is 12.4. The van der Waals surface area contributed by atoms with E-state index in [4.69, 9.17) is 4.74 Å². The lowest BCUT2D eigenvalue weighted by Gasteiger charge is -2.12. The van der Waals surface area contributed by atoms with E-state index in [0.29, 0.717) is 28.8 Å². The minimum atomic E-state index is -0.412. The lowest BCUT2D eigenvalue weighted by Crippen LogP contribution is -2.21. The molecule has 0 saturated carbocycles. The molecular formula is C29H28N6O3. The number of hydrogen-bond acceptors (Lipinski definition) is 7. The number of carbonyl (C=O) groups excluding carboxylic acids is 2. The van der Waals surface area contributed by atoms with Gasteiger partial charge in [0.25, 0.3) is 11.8 Å². The summed E-state index contributed by atoms with van der Waals surface area (Å²) >= 11 is 0. The van der Waals surface area contributed by atoms with E-state index in [1.165, 1.54) is 0 Å². The van der Waals surface area contributed by atoms with Crippen molar-refractivity contribution in [3.8, 4) is 11.3 Å². The molecule has 1 fully saturated rings. The summed E-state index contributed by atoms with van der Waals surface area (Å²) in [7, 11) is 0. The lowest BCUT2D eigenvalue weighted by atomic mass is 10.1. The molecule has 2 atom stereocenters. The number of aryl methyl sites for hydroxylation is 1. The number of anilines is 4. The molecule has 38 heavy (non-hydrogen) atoms. The Morgan fingerprint density at radius 3 is 2.45 bits per heavy atom. The van der Waals surface area contributed by atoms with Crippen molar-refractivity contribution in [3.05, 3.63) is 90.4 Å². The van der Waals surface area contributed by atoms with Gasteiger partial charge in [-0.05, 0) is 73.0 Å². The van der Waals surface area contributed by atoms with E-state index < -0.39 is 6.10 Å². The molecule has 2 amide bonds. The maximum Gasteiger partial charge on any atom is 0.256 e. The third kappa shape index (κ3) is 5.84. The van der Waals surface area contributed by atoms with E-state index in [1.54, 1.807) is 42.9 Å². The fraction of sp³-hybridized carbons (Fsp3) is 0.207. The molecule has 0 aliphatic carbocycles. The predicted octanol–water partition coefficient (Wildman–Crippen LogP) is 5.20. The predicted molar refractivity (Wildman–Crippen MR) is 146 cm³/mol. The third-order valence-corrected chi connectivity index (χ3v) is 6.21. The van der Waals surface area contributed by atoms with Crippen LogP contribution in [-0.2, 0) is 9.53 Å². The fourth-order valence-corrected chi connectivity index (χ4v) is 4.01. The van der Waals surface area contributed by atoms with Crippen molar-refractivity contribution < 1.29 is 14.3 Å². The SMILES string of the molecule is Cc1ccc(NC(=O)c2ccc(NC(=O)C3OC3C(C)C)cc2)cc1Nc1nccc(-c2cccnc2)n1. The first kappa shape index (κ1) is 25.0. The molecule has 5 rings (SSSR count). The van der Waals surface area contributed by atoms with Crippen LogP contribution in [0.3, 0.4) is 0 Å². The Balaban J connectivity index is 1.23. The summed E-state index contributed by atoms with van der Waals surface area (Å²) in [6.07, 6.45) is 4.70. The van der Waals surface area contributed by atoms with Crippen LogP contribution in [0.4, 0.5) is 23.0 Å². The van der Waals surface area contributed by atoms with Crippen molar-refractivity contribution in [2.45, 2.75) is 33.0 Å². The number of nitrogens with zero attached hydrogens (tertiary/aromatic N) is 3. The molecule has 4 aromatic rings. The number of rotatable bonds is 8. The maximum absolute atomic E-state index is 12.9. The topological polar surface area (TPSA) is 121 Å². The zero-order valence-electron chi connectivity index (χ0n) is 21.3. The number of ether oxygens (including phenoxy) is 1. The minimum Gasteiger partial charge on any atom is -0.359 e. The smallest absolute Gasteiger partial charge is 0.256 e. The van der Waals surface area contributed by atoms with Crippen molar-refractivity contribution in [2.75, 3.05) is 16.0 Å². The van der Waals surface area contributed by atoms with Gasteiger partial charge in [0.2, 0.25) is 5.95 Å². The van der Waals surface area contributed by atoms with Crippen LogP contribution in [0.25, 0.3) is 11.3 Å². The highest BCUT2D eigenvalue weighted by molar-refractivity contribution is 6.05. The van der Waals surface area contributed by atoms with Crippen LogP contribution in [-0.4, -0.2) is 39.0 Å². The van der Waals surface area contributed by atoms with E-state index in [0.717, 1.165) is 22.5 Å². The van der Waals surface area contributed by atoms with Crippen molar-refractivity contribution >= 4 is 34.8 Å². The molecular weight excluding hydrogens is 480 g/mol. The van der Waals surface area contributed by atoms with Gasteiger partial charge >= 0.3 is 0 Å². The molecule has 0 spiro atoms. The molecule has 2 unspecified atom stereocenters. The van der Waals surface area contributed by atoms with Crippen LogP contribution in [0.2, 0.25) is 0 Å².